The molecule has 0 unspecified atom stereocenters. The number of nitrogens with zero attached hydrogens (tertiary/aromatic N) is 4. The van der Waals surface area contributed by atoms with E-state index in [1.807, 2.05) is 12.1 Å². The normalized spacial score (nSPS) is 16.1. The summed E-state index contributed by atoms with van der Waals surface area (Å²) in [5, 5.41) is 67.3. The third kappa shape index (κ3) is 35.1. The quantitative estimate of drug-likeness (QED) is 0.00745. The molecule has 0 aliphatic carbocycles. The summed E-state index contributed by atoms with van der Waals surface area (Å²) in [6.07, 6.45) is -0.274. The monoisotopic (exact) mass is 1930 g/mol. The fourth-order valence-corrected chi connectivity index (χ4v) is 15.4. The van der Waals surface area contributed by atoms with Crippen LogP contribution < -0.4 is 103 Å². The number of carboxylic acids is 1. The first-order chi connectivity index (χ1) is 64.4. The summed E-state index contributed by atoms with van der Waals surface area (Å²) in [5.41, 5.74) is 29.5. The molecule has 28 N–H and O–H groups in total. The number of hydrogen-bond acceptors (Lipinski definition) is 26. The number of aromatic hydroxyl groups is 1. The summed E-state index contributed by atoms with van der Waals surface area (Å²) in [6.45, 7) is 4.42. The number of likely N-dealkylation sites (tertiary alicyclic amines) is 2. The Morgan fingerprint density at radius 3 is 1.69 bits per heavy atom. The van der Waals surface area contributed by atoms with Crippen molar-refractivity contribution in [2.75, 3.05) is 51.6 Å². The number of phenolic OH excluding ortho intramolecular Hbond substituents is 1. The van der Waals surface area contributed by atoms with Crippen LogP contribution in [0, 0.1) is 5.92 Å². The molecule has 1 aromatic heterocycles. The third-order valence-corrected chi connectivity index (χ3v) is 22.6. The lowest BCUT2D eigenvalue weighted by Crippen LogP contribution is -2.64. The highest BCUT2D eigenvalue weighted by Crippen LogP contribution is 2.25. The number of hydrogen-bond donors (Lipinski definition) is 25. The number of H-pyrrole nitrogens is 1. The van der Waals surface area contributed by atoms with Crippen LogP contribution in [-0.4, -0.2) is 294 Å². The van der Waals surface area contributed by atoms with E-state index in [0.717, 1.165) is 17.2 Å². The van der Waals surface area contributed by atoms with Crippen molar-refractivity contribution in [3.8, 4) is 5.75 Å². The molecule has 2 aliphatic rings. The van der Waals surface area contributed by atoms with Crippen LogP contribution in [0.25, 0.3) is 10.8 Å². The van der Waals surface area contributed by atoms with Crippen molar-refractivity contribution >= 4 is 154 Å². The van der Waals surface area contributed by atoms with Gasteiger partial charge in [0.15, 0.2) is 5.96 Å². The van der Waals surface area contributed by atoms with Crippen LogP contribution in [0.15, 0.2) is 115 Å². The predicted molar refractivity (Wildman–Crippen MR) is 499 cm³/mol. The van der Waals surface area contributed by atoms with Gasteiger partial charge in [0.25, 0.3) is 0 Å². The second-order valence-electron chi connectivity index (χ2n) is 33.9. The summed E-state index contributed by atoms with van der Waals surface area (Å²) in [7, 11) is 0. The maximum atomic E-state index is 14.9. The van der Waals surface area contributed by atoms with Crippen LogP contribution in [0.1, 0.15) is 121 Å². The highest BCUT2D eigenvalue weighted by atomic mass is 32.1. The van der Waals surface area contributed by atoms with E-state index in [0.29, 0.717) is 34.2 Å². The number of aliphatic hydroxyl groups excluding tert-OH is 1. The molecule has 14 atom stereocenters. The number of primary amides is 2. The highest BCUT2D eigenvalue weighted by Gasteiger charge is 2.44. The summed E-state index contributed by atoms with van der Waals surface area (Å²) < 4.78 is -1.48. The molecule has 46 nitrogen and oxygen atoms in total. The average molecular weight is 1930 g/mol. The number of aromatic amines is 1. The fraction of sp³-hybridized carbons (Fsp3) is 0.489. The lowest BCUT2D eigenvalue weighted by atomic mass is 9.98. The zero-order valence-electron chi connectivity index (χ0n) is 75.8. The van der Waals surface area contributed by atoms with Crippen molar-refractivity contribution in [3.63, 3.8) is 0 Å². The number of aliphatic hydroxyl groups is 1. The van der Waals surface area contributed by atoms with Crippen LogP contribution in [0.2, 0.25) is 0 Å². The molecule has 0 spiro atoms. The van der Waals surface area contributed by atoms with Crippen molar-refractivity contribution in [3.05, 3.63) is 132 Å². The number of aromatic nitrogens is 2. The second kappa shape index (κ2) is 53.2. The lowest BCUT2D eigenvalue weighted by Gasteiger charge is -2.33. The van der Waals surface area contributed by atoms with E-state index in [4.69, 9.17) is 28.7 Å². The molecule has 2 fully saturated rings. The molecule has 2 aliphatic heterocycles. The van der Waals surface area contributed by atoms with Crippen LogP contribution in [0.3, 0.4) is 0 Å². The van der Waals surface area contributed by atoms with Crippen molar-refractivity contribution in [1.29, 1.82) is 0 Å². The van der Waals surface area contributed by atoms with Gasteiger partial charge in [-0.25, -0.2) is 9.78 Å². The van der Waals surface area contributed by atoms with Crippen molar-refractivity contribution < 1.29 is 106 Å². The van der Waals surface area contributed by atoms with Gasteiger partial charge >= 0.3 is 5.97 Å². The Morgan fingerprint density at radius 2 is 1.07 bits per heavy atom. The van der Waals surface area contributed by atoms with Crippen LogP contribution in [0.4, 0.5) is 0 Å². The number of guanidine groups is 1. The highest BCUT2D eigenvalue weighted by molar-refractivity contribution is 7.81. The molecular formula is C88H122N24O22S2. The Hall–Kier alpha value is -14.0. The number of nitrogens with one attached hydrogen (secondary N) is 15. The first kappa shape index (κ1) is 109. The fourth-order valence-electron chi connectivity index (χ4n) is 15.0. The van der Waals surface area contributed by atoms with Gasteiger partial charge in [0.1, 0.15) is 78.3 Å². The molecule has 0 bridgehead atoms. The summed E-state index contributed by atoms with van der Waals surface area (Å²) in [5.74, 6) is -19.1. The number of phenols is 1. The number of carbonyl (C=O) groups excluding carboxylic acids is 18. The predicted octanol–water partition coefficient (Wildman–Crippen LogP) is -6.49. The van der Waals surface area contributed by atoms with Crippen LogP contribution in [-0.2, 0) is 117 Å². The first-order valence-electron chi connectivity index (χ1n) is 44.0. The minimum Gasteiger partial charge on any atom is -0.508 e. The number of carboxylic acid groups (broad SMARTS) is 1. The Bertz CT molecular complexity index is 5100. The third-order valence-electron chi connectivity index (χ3n) is 22.0. The van der Waals surface area contributed by atoms with Gasteiger partial charge in [-0.3, -0.25) is 91.3 Å². The minimum absolute atomic E-state index is 0.0273. The van der Waals surface area contributed by atoms with Gasteiger partial charge in [-0.15, -0.1) is 0 Å². The average Bonchev–Trinajstić information content (AvgIpc) is 1.16. The van der Waals surface area contributed by atoms with Gasteiger partial charge in [-0.1, -0.05) is 98.8 Å². The number of aliphatic carboxylic acids is 1. The summed E-state index contributed by atoms with van der Waals surface area (Å²) in [4.78, 5) is 274. The number of thiol groups is 2. The number of nitrogens with two attached hydrogens (primary N) is 5. The standard InChI is InChI=1S/C88H122N24O22S2/c1-46(2)33-57(78(125)107-62(35-49-24-26-53(114)27-25-49)85(132)112-32-13-22-64(112)82(129)108-63(44-135)81(128)106-61(38-67(91)116)76(123)99-43-71(120)111-31-14-23-65(111)86(133)134)101-69(118)41-96-68(117)40-97-75(122)59(36-51-19-11-18-50-17-9-10-20-54(50)51)105-79(126)60(37-52-39-94-45-100-52)102-70(119)42-98-83(130)72(47(3)113)109-84(131)73(88(4,5)136)110-80(127)58(34-48-15-7-6-8-16-48)104-77(124)56(21-12-30-95-87(92)93)103-74(121)55(89)28-29-66(90)115/h6-11,15-20,24-27,39,45-47,55-65,72-73,113-114,135-136H,12-14,21-23,28-38,40-44,89H2,1-5H3,(H2,90,115)(H2,91,116)(H,94,100)(H,96,117)(H,97,122)(H,98,130)(H,99,123)(H,101,118)(H,102,119)(H,103,121)(H,104,124)(H,105,126)(H,106,128)(H,107,125)(H,108,129)(H,109,131)(H,110,127)(H,133,134)(H4,92,93,95)/t47-,55+,56+,57+,58+,59+,60+,61+,62+,63-,64+,65+,72+,73+/m1/s1. The van der Waals surface area contributed by atoms with E-state index in [9.17, 15) is 106 Å². The number of rotatable bonds is 53. The van der Waals surface area contributed by atoms with Gasteiger partial charge < -0.3 is 133 Å². The molecule has 48 heteroatoms. The maximum Gasteiger partial charge on any atom is 0.326 e. The second-order valence-corrected chi connectivity index (χ2v) is 35.4. The zero-order valence-corrected chi connectivity index (χ0v) is 77.6. The van der Waals surface area contributed by atoms with Crippen molar-refractivity contribution in [2.24, 2.45) is 39.6 Å². The van der Waals surface area contributed by atoms with Crippen molar-refractivity contribution in [1.82, 2.24) is 94.2 Å². The number of carbonyl (C=O) groups is 19. The molecule has 136 heavy (non-hydrogen) atoms. The molecule has 2 saturated heterocycles. The molecule has 3 heterocycles. The van der Waals surface area contributed by atoms with E-state index in [1.165, 1.54) is 55.5 Å². The zero-order chi connectivity index (χ0) is 100. The molecule has 18 amide bonds. The minimum atomic E-state index is -1.86. The Morgan fingerprint density at radius 1 is 0.529 bits per heavy atom. The number of imidazole rings is 1. The Balaban J connectivity index is 0.999. The molecule has 0 radical (unpaired) electrons. The number of aliphatic imine (C=N–C) groups is 1. The molecular weight excluding hydrogens is 1810 g/mol. The molecule has 7 rings (SSSR count). The number of amides is 18. The van der Waals surface area contributed by atoms with Gasteiger partial charge in [0, 0.05) is 74.1 Å². The van der Waals surface area contributed by atoms with E-state index >= 15 is 0 Å². The molecule has 0 saturated carbocycles. The topological polar surface area (TPSA) is 731 Å². The molecule has 738 valence electrons. The molecule has 5 aromatic rings. The van der Waals surface area contributed by atoms with Gasteiger partial charge in [-0.05, 0) is 118 Å². The Kier molecular flexibility index (Phi) is 42.6. The van der Waals surface area contributed by atoms with E-state index < -0.39 is 240 Å². The van der Waals surface area contributed by atoms with E-state index in [1.54, 1.807) is 74.5 Å². The summed E-state index contributed by atoms with van der Waals surface area (Å²) in [6, 6.07) is 7.15. The van der Waals surface area contributed by atoms with Gasteiger partial charge in [0.2, 0.25) is 106 Å². The number of fused-ring (bicyclic) bond motifs is 1. The largest absolute Gasteiger partial charge is 0.508 e. The first-order valence-corrected chi connectivity index (χ1v) is 45.1. The van der Waals surface area contributed by atoms with Crippen molar-refractivity contribution in [2.45, 2.75) is 214 Å². The van der Waals surface area contributed by atoms with Crippen LogP contribution >= 0.6 is 25.3 Å². The van der Waals surface area contributed by atoms with Gasteiger partial charge in [0.05, 0.1) is 51.1 Å². The van der Waals surface area contributed by atoms with Gasteiger partial charge in [-0.2, -0.15) is 25.3 Å². The number of benzene rings is 4. The summed E-state index contributed by atoms with van der Waals surface area (Å²) >= 11 is 8.84. The molecule has 4 aromatic carbocycles. The lowest BCUT2D eigenvalue weighted by molar-refractivity contribution is -0.148. The van der Waals surface area contributed by atoms with Crippen LogP contribution in [0.5, 0.6) is 5.75 Å². The maximum absolute atomic E-state index is 14.9. The SMILES string of the molecule is CC(C)C[C@H](NC(=O)CNC(=O)CNC(=O)[C@H](Cc1cccc2ccccc12)NC(=O)[C@H](Cc1cnc[nH]1)NC(=O)CNC(=O)[C@@H](NC(=O)[C@H](NC(=O)[C@H](Cc1ccccc1)NC(=O)[C@H](CCCN=C(N)N)NC(=O)[C@@H](N)CCC(N)=O)C(C)(C)S)[C@@H](C)O)C(=O)N[C@@H](Cc1ccc(O)cc1)C(=O)N1CCC[C@H]1C(=O)N[C@H](CS)C(=O)N[C@@H](CC(N)=O)C(=O)NCC(=O)N1CCC[C@H]1C(=O)O. The van der Waals surface area contributed by atoms with E-state index in [-0.39, 0.29) is 114 Å². The van der Waals surface area contributed by atoms with E-state index in [2.05, 4.69) is 115 Å². The Labute approximate surface area is 793 Å². The smallest absolute Gasteiger partial charge is 0.326 e.